The first-order chi connectivity index (χ1) is 33.7. The average molecular weight is 976 g/mol. The van der Waals surface area contributed by atoms with E-state index in [2.05, 4.69) is 4.98 Å². The molecule has 71 heavy (non-hydrogen) atoms. The number of aromatic nitrogens is 5. The van der Waals surface area contributed by atoms with Crippen molar-refractivity contribution in [3.63, 3.8) is 0 Å². The molecule has 0 aliphatic rings. The maximum Gasteiger partial charge on any atom is 0.416 e. The first kappa shape index (κ1) is 46.4. The highest BCUT2D eigenvalue weighted by atomic mass is 19.4. The summed E-state index contributed by atoms with van der Waals surface area (Å²) in [5, 5.41) is 0.734. The van der Waals surface area contributed by atoms with Gasteiger partial charge in [-0.05, 0) is 94.5 Å². The van der Waals surface area contributed by atoms with Gasteiger partial charge in [0, 0.05) is 45.4 Å². The van der Waals surface area contributed by atoms with Crippen molar-refractivity contribution in [1.82, 2.24) is 24.5 Å². The lowest BCUT2D eigenvalue weighted by molar-refractivity contribution is -0.144. The van der Waals surface area contributed by atoms with E-state index in [1.54, 1.807) is 108 Å². The van der Waals surface area contributed by atoms with Gasteiger partial charge in [0.1, 0.15) is 0 Å². The van der Waals surface area contributed by atoms with Crippen molar-refractivity contribution in [2.24, 2.45) is 0 Å². The fourth-order valence-corrected chi connectivity index (χ4v) is 8.43. The van der Waals surface area contributed by atoms with E-state index < -0.39 is 58.1 Å². The number of hydrogen-bond donors (Lipinski definition) is 0. The Balaban J connectivity index is 1.32. The van der Waals surface area contributed by atoms with Crippen molar-refractivity contribution < 1.29 is 52.7 Å². The number of nitrogens with zero attached hydrogens (tertiary/aromatic N) is 5. The highest BCUT2D eigenvalue weighted by molar-refractivity contribution is 6.11. The van der Waals surface area contributed by atoms with Crippen LogP contribution < -0.4 is 0 Å². The number of benzene rings is 7. The smallest absolute Gasteiger partial charge is 0.308 e. The molecular weight excluding hydrogens is 947 g/mol. The minimum absolute atomic E-state index is 0.0107. The molecule has 10 aromatic rings. The standard InChI is InChI=1S/C54H29F12N5/c55-51(56,57)38-20-36(21-39(27-38)52(58,59)60)33-13-16-42-43-17-14-34(37-22-40(53(61,62)63)28-41(23-37)54(64,65)66)26-47(43)71(46(42)25-33)45-18-15-32(35-12-7-19-67-29-35)24-44(45)50-69-48(30-8-3-1-4-9-30)68-49(70-50)31-10-5-2-6-11-31/h1-29H. The van der Waals surface area contributed by atoms with Gasteiger partial charge in [-0.2, -0.15) is 52.7 Å². The SMILES string of the molecule is FC(F)(F)c1cc(-c2ccc3c4ccc(-c5cc(C(F)(F)F)cc(C(F)(F)F)c5)cc4n(-c4ccc(-c5cccnc5)cc4-c4nc(-c5ccccc5)nc(-c5ccccc5)n4)c3c2)cc(C(F)(F)F)c1. The number of fused-ring (bicyclic) bond motifs is 3. The minimum Gasteiger partial charge on any atom is -0.308 e. The molecule has 7 aromatic carbocycles. The molecule has 0 aliphatic carbocycles. The van der Waals surface area contributed by atoms with Crippen LogP contribution in [0, 0.1) is 0 Å². The Hall–Kier alpha value is -8.34. The normalized spacial score (nSPS) is 12.5. The lowest BCUT2D eigenvalue weighted by Gasteiger charge is -2.17. The van der Waals surface area contributed by atoms with Crippen LogP contribution in [0.2, 0.25) is 0 Å². The fraction of sp³-hybridized carbons (Fsp3) is 0.0741. The molecular formula is C54H29F12N5. The molecule has 17 heteroatoms. The number of rotatable bonds is 7. The van der Waals surface area contributed by atoms with E-state index >= 15 is 0 Å². The van der Waals surface area contributed by atoms with E-state index in [-0.39, 0.29) is 63.0 Å². The van der Waals surface area contributed by atoms with Crippen molar-refractivity contribution >= 4 is 21.8 Å². The first-order valence-electron chi connectivity index (χ1n) is 21.3. The molecule has 0 aliphatic heterocycles. The van der Waals surface area contributed by atoms with Crippen LogP contribution in [0.15, 0.2) is 176 Å². The lowest BCUT2D eigenvalue weighted by Crippen LogP contribution is -2.11. The second-order valence-electron chi connectivity index (χ2n) is 16.4. The van der Waals surface area contributed by atoms with E-state index in [0.717, 1.165) is 0 Å². The van der Waals surface area contributed by atoms with Gasteiger partial charge < -0.3 is 4.57 Å². The third-order valence-corrected chi connectivity index (χ3v) is 11.8. The Morgan fingerprint density at radius 2 is 0.718 bits per heavy atom. The molecule has 354 valence electrons. The van der Waals surface area contributed by atoms with E-state index in [1.165, 1.54) is 36.4 Å². The van der Waals surface area contributed by atoms with Gasteiger partial charge in [-0.3, -0.25) is 4.98 Å². The highest BCUT2D eigenvalue weighted by Gasteiger charge is 2.39. The second-order valence-corrected chi connectivity index (χ2v) is 16.4. The average Bonchev–Trinajstić information content (AvgIpc) is 3.68. The zero-order valence-electron chi connectivity index (χ0n) is 36.0. The highest BCUT2D eigenvalue weighted by Crippen LogP contribution is 2.45. The summed E-state index contributed by atoms with van der Waals surface area (Å²) in [6, 6.07) is 37.2. The monoisotopic (exact) mass is 975 g/mol. The predicted octanol–water partition coefficient (Wildman–Crippen LogP) is 16.4. The molecule has 0 saturated carbocycles. The zero-order chi connectivity index (χ0) is 50.0. The first-order valence-corrected chi connectivity index (χ1v) is 21.3. The summed E-state index contributed by atoms with van der Waals surface area (Å²) in [5.74, 6) is 0.573. The van der Waals surface area contributed by atoms with Crippen molar-refractivity contribution in [2.75, 3.05) is 0 Å². The Labute approximate surface area is 394 Å². The maximum absolute atomic E-state index is 14.2. The van der Waals surface area contributed by atoms with Gasteiger partial charge in [0.25, 0.3) is 0 Å². The van der Waals surface area contributed by atoms with Crippen LogP contribution >= 0.6 is 0 Å². The molecule has 0 saturated heterocycles. The molecule has 0 unspecified atom stereocenters. The summed E-state index contributed by atoms with van der Waals surface area (Å²) in [4.78, 5) is 19.0. The van der Waals surface area contributed by atoms with E-state index in [1.807, 2.05) is 0 Å². The van der Waals surface area contributed by atoms with Gasteiger partial charge in [-0.25, -0.2) is 15.0 Å². The molecule has 3 heterocycles. The lowest BCUT2D eigenvalue weighted by atomic mass is 9.97. The van der Waals surface area contributed by atoms with Gasteiger partial charge in [-0.1, -0.05) is 97.1 Å². The minimum atomic E-state index is -5.17. The summed E-state index contributed by atoms with van der Waals surface area (Å²) in [6.45, 7) is 0. The molecule has 0 atom stereocenters. The van der Waals surface area contributed by atoms with Crippen molar-refractivity contribution in [1.29, 1.82) is 0 Å². The maximum atomic E-state index is 14.2. The Morgan fingerprint density at radius 3 is 1.13 bits per heavy atom. The fourth-order valence-electron chi connectivity index (χ4n) is 8.43. The summed E-state index contributed by atoms with van der Waals surface area (Å²) < 4.78 is 172. The van der Waals surface area contributed by atoms with Gasteiger partial charge in [-0.15, -0.1) is 0 Å². The molecule has 0 bridgehead atoms. The molecule has 3 aromatic heterocycles. The number of hydrogen-bond acceptors (Lipinski definition) is 4. The third kappa shape index (κ3) is 9.18. The van der Waals surface area contributed by atoms with Crippen LogP contribution in [-0.2, 0) is 24.7 Å². The molecule has 0 N–H and O–H groups in total. The molecule has 5 nitrogen and oxygen atoms in total. The summed E-state index contributed by atoms with van der Waals surface area (Å²) >= 11 is 0. The number of halogens is 12. The van der Waals surface area contributed by atoms with Crippen LogP contribution in [0.1, 0.15) is 22.3 Å². The van der Waals surface area contributed by atoms with Gasteiger partial charge in [0.05, 0.1) is 39.0 Å². The van der Waals surface area contributed by atoms with E-state index in [4.69, 9.17) is 15.0 Å². The van der Waals surface area contributed by atoms with Crippen LogP contribution in [0.4, 0.5) is 52.7 Å². The van der Waals surface area contributed by atoms with Crippen molar-refractivity contribution in [3.8, 4) is 73.2 Å². The molecule has 0 radical (unpaired) electrons. The Bertz CT molecular complexity index is 3380. The Morgan fingerprint density at radius 1 is 0.324 bits per heavy atom. The van der Waals surface area contributed by atoms with Gasteiger partial charge in [0.15, 0.2) is 17.5 Å². The molecule has 0 fully saturated rings. The molecule has 10 rings (SSSR count). The second kappa shape index (κ2) is 17.3. The van der Waals surface area contributed by atoms with E-state index in [0.29, 0.717) is 57.3 Å². The third-order valence-electron chi connectivity index (χ3n) is 11.8. The van der Waals surface area contributed by atoms with Gasteiger partial charge in [0.2, 0.25) is 0 Å². The topological polar surface area (TPSA) is 56.5 Å². The molecule has 0 amide bonds. The largest absolute Gasteiger partial charge is 0.416 e. The molecule has 0 spiro atoms. The van der Waals surface area contributed by atoms with Gasteiger partial charge >= 0.3 is 24.7 Å². The van der Waals surface area contributed by atoms with Crippen LogP contribution in [0.25, 0.3) is 95.0 Å². The Kier molecular flexibility index (Phi) is 11.3. The zero-order valence-corrected chi connectivity index (χ0v) is 36.0. The summed E-state index contributed by atoms with van der Waals surface area (Å²) in [5.41, 5.74) is -3.97. The number of pyridine rings is 1. The predicted molar refractivity (Wildman–Crippen MR) is 245 cm³/mol. The van der Waals surface area contributed by atoms with Crippen LogP contribution in [0.3, 0.4) is 0 Å². The van der Waals surface area contributed by atoms with E-state index in [9.17, 15) is 52.7 Å². The summed E-state index contributed by atoms with van der Waals surface area (Å²) in [7, 11) is 0. The quantitative estimate of drug-likeness (QED) is 0.149. The van der Waals surface area contributed by atoms with Crippen molar-refractivity contribution in [2.45, 2.75) is 24.7 Å². The number of alkyl halides is 12. The van der Waals surface area contributed by atoms with Crippen LogP contribution in [-0.4, -0.2) is 24.5 Å². The van der Waals surface area contributed by atoms with Crippen LogP contribution in [0.5, 0.6) is 0 Å². The summed E-state index contributed by atoms with van der Waals surface area (Å²) in [6.07, 6.45) is -17.5. The van der Waals surface area contributed by atoms with Crippen molar-refractivity contribution in [3.05, 3.63) is 198 Å².